The van der Waals surface area contributed by atoms with Gasteiger partial charge in [-0.05, 0) is 17.9 Å². The van der Waals surface area contributed by atoms with Crippen molar-refractivity contribution in [3.63, 3.8) is 0 Å². The molecule has 0 fully saturated rings. The maximum atomic E-state index is 12.3. The van der Waals surface area contributed by atoms with Crippen molar-refractivity contribution in [3.8, 4) is 0 Å². The Morgan fingerprint density at radius 1 is 1.35 bits per heavy atom. The van der Waals surface area contributed by atoms with Crippen molar-refractivity contribution < 1.29 is 26.7 Å². The number of aromatic carboxylic acids is 1. The van der Waals surface area contributed by atoms with Gasteiger partial charge in [-0.1, -0.05) is 0 Å². The van der Waals surface area contributed by atoms with Gasteiger partial charge < -0.3 is 5.11 Å². The molecule has 114 valence electrons. The fourth-order valence-electron chi connectivity index (χ4n) is 1.47. The number of carbonyl (C=O) groups is 1. The van der Waals surface area contributed by atoms with E-state index in [2.05, 4.69) is 0 Å². The third kappa shape index (κ3) is 3.78. The molecule has 0 amide bonds. The normalized spacial score (nSPS) is 12.8. The van der Waals surface area contributed by atoms with Gasteiger partial charge >= 0.3 is 5.97 Å². The topological polar surface area (TPSA) is 109 Å². The molecule has 1 N–H and O–H groups in total. The molecule has 0 aromatic carbocycles. The van der Waals surface area contributed by atoms with Crippen molar-refractivity contribution in [2.24, 2.45) is 0 Å². The Labute approximate surface area is 121 Å². The number of thiophene rings is 1. The number of carboxylic acids is 1. The van der Waals surface area contributed by atoms with Gasteiger partial charge in [-0.2, -0.15) is 4.31 Å². The summed E-state index contributed by atoms with van der Waals surface area (Å²) in [6.07, 6.45) is 1.01. The van der Waals surface area contributed by atoms with Gasteiger partial charge in [0.15, 0.2) is 0 Å². The standard InChI is InChI=1S/C10H15NO6S3/c1-7-6-18-8(10(12)13)9(7)20(16,17)11(2)4-5-19(3,14)15/h6H,4-5H2,1-3H3,(H,12,13). The Bertz CT molecular complexity index is 716. The number of nitrogens with zero attached hydrogens (tertiary/aromatic N) is 1. The van der Waals surface area contributed by atoms with Crippen LogP contribution in [0.15, 0.2) is 10.3 Å². The second-order valence-electron chi connectivity index (χ2n) is 4.34. The van der Waals surface area contributed by atoms with E-state index in [0.29, 0.717) is 5.56 Å². The molecule has 1 rings (SSSR count). The van der Waals surface area contributed by atoms with Crippen LogP contribution in [0.4, 0.5) is 0 Å². The quantitative estimate of drug-likeness (QED) is 0.803. The summed E-state index contributed by atoms with van der Waals surface area (Å²) in [6, 6.07) is 0. The van der Waals surface area contributed by atoms with Crippen LogP contribution in [-0.4, -0.2) is 57.8 Å². The lowest BCUT2D eigenvalue weighted by atomic mass is 10.3. The molecule has 0 saturated carbocycles. The molecule has 0 radical (unpaired) electrons. The predicted molar refractivity (Wildman–Crippen MR) is 75.5 cm³/mol. The fourth-order valence-corrected chi connectivity index (χ4v) is 4.94. The fraction of sp³-hybridized carbons (Fsp3) is 0.500. The molecular formula is C10H15NO6S3. The second-order valence-corrected chi connectivity index (χ2v) is 9.46. The highest BCUT2D eigenvalue weighted by Gasteiger charge is 2.30. The summed E-state index contributed by atoms with van der Waals surface area (Å²) in [7, 11) is -6.11. The first-order valence-corrected chi connectivity index (χ1v) is 9.80. The molecule has 20 heavy (non-hydrogen) atoms. The molecule has 0 bridgehead atoms. The first-order valence-electron chi connectivity index (χ1n) is 5.42. The first kappa shape index (κ1) is 17.1. The molecule has 1 heterocycles. The van der Waals surface area contributed by atoms with E-state index in [1.165, 1.54) is 19.4 Å². The summed E-state index contributed by atoms with van der Waals surface area (Å²) in [6.45, 7) is 1.27. The summed E-state index contributed by atoms with van der Waals surface area (Å²) < 4.78 is 47.7. The van der Waals surface area contributed by atoms with Gasteiger partial charge in [0, 0.05) is 19.8 Å². The second kappa shape index (κ2) is 5.80. The lowest BCUT2D eigenvalue weighted by molar-refractivity contribution is 0.0698. The highest BCUT2D eigenvalue weighted by atomic mass is 32.2. The van der Waals surface area contributed by atoms with Crippen LogP contribution in [-0.2, 0) is 19.9 Å². The molecule has 0 unspecified atom stereocenters. The molecule has 10 heteroatoms. The van der Waals surface area contributed by atoms with Gasteiger partial charge in [0.2, 0.25) is 10.0 Å². The van der Waals surface area contributed by atoms with Crippen LogP contribution < -0.4 is 0 Å². The zero-order valence-electron chi connectivity index (χ0n) is 11.2. The average molecular weight is 341 g/mol. The SMILES string of the molecule is Cc1csc(C(=O)O)c1S(=O)(=O)N(C)CCS(C)(=O)=O. The molecule has 0 aliphatic heterocycles. The summed E-state index contributed by atoms with van der Waals surface area (Å²) in [5, 5.41) is 10.5. The van der Waals surface area contributed by atoms with Crippen molar-refractivity contribution in [2.75, 3.05) is 25.6 Å². The number of hydrogen-bond donors (Lipinski definition) is 1. The van der Waals surface area contributed by atoms with Crippen molar-refractivity contribution in [3.05, 3.63) is 15.8 Å². The van der Waals surface area contributed by atoms with Gasteiger partial charge in [0.25, 0.3) is 0 Å². The average Bonchev–Trinajstić information content (AvgIpc) is 2.67. The predicted octanol–water partition coefficient (Wildman–Crippen LogP) is 0.420. The molecule has 7 nitrogen and oxygen atoms in total. The molecule has 0 aliphatic rings. The van der Waals surface area contributed by atoms with Gasteiger partial charge in [-0.25, -0.2) is 21.6 Å². The highest BCUT2D eigenvalue weighted by molar-refractivity contribution is 7.91. The maximum Gasteiger partial charge on any atom is 0.347 e. The van der Waals surface area contributed by atoms with Crippen LogP contribution >= 0.6 is 11.3 Å². The Balaban J connectivity index is 3.17. The van der Waals surface area contributed by atoms with Gasteiger partial charge in [0.05, 0.1) is 5.75 Å². The van der Waals surface area contributed by atoms with Gasteiger partial charge in [-0.15, -0.1) is 11.3 Å². The summed E-state index contributed by atoms with van der Waals surface area (Å²) in [5.74, 6) is -1.65. The maximum absolute atomic E-state index is 12.3. The van der Waals surface area contributed by atoms with Crippen molar-refractivity contribution in [2.45, 2.75) is 11.8 Å². The zero-order valence-corrected chi connectivity index (χ0v) is 13.6. The van der Waals surface area contributed by atoms with Gasteiger partial charge in [-0.3, -0.25) is 0 Å². The number of rotatable bonds is 6. The Morgan fingerprint density at radius 3 is 2.35 bits per heavy atom. The largest absolute Gasteiger partial charge is 0.477 e. The van der Waals surface area contributed by atoms with Crippen LogP contribution in [0.25, 0.3) is 0 Å². The number of sulfonamides is 1. The van der Waals surface area contributed by atoms with E-state index in [4.69, 9.17) is 5.11 Å². The summed E-state index contributed by atoms with van der Waals surface area (Å²) in [4.78, 5) is 10.5. The third-order valence-corrected chi connectivity index (χ3v) is 6.74. The smallest absolute Gasteiger partial charge is 0.347 e. The van der Waals surface area contributed by atoms with E-state index < -0.39 is 25.8 Å². The molecular weight excluding hydrogens is 326 g/mol. The zero-order chi connectivity index (χ0) is 15.7. The van der Waals surface area contributed by atoms with Crippen LogP contribution in [0, 0.1) is 6.92 Å². The van der Waals surface area contributed by atoms with Crippen molar-refractivity contribution in [1.29, 1.82) is 0 Å². The monoisotopic (exact) mass is 341 g/mol. The molecule has 1 aromatic heterocycles. The Kier molecular flexibility index (Phi) is 4.95. The van der Waals surface area contributed by atoms with Crippen LogP contribution in [0.5, 0.6) is 0 Å². The van der Waals surface area contributed by atoms with E-state index >= 15 is 0 Å². The van der Waals surface area contributed by atoms with E-state index in [1.807, 2.05) is 0 Å². The minimum absolute atomic E-state index is 0.227. The Hall–Kier alpha value is -0.970. The molecule has 0 aliphatic carbocycles. The first-order chi connectivity index (χ1) is 8.97. The van der Waals surface area contributed by atoms with Crippen molar-refractivity contribution >= 4 is 37.2 Å². The third-order valence-electron chi connectivity index (χ3n) is 2.56. The van der Waals surface area contributed by atoms with Crippen molar-refractivity contribution in [1.82, 2.24) is 4.31 Å². The van der Waals surface area contributed by atoms with E-state index in [0.717, 1.165) is 21.9 Å². The minimum Gasteiger partial charge on any atom is -0.477 e. The lowest BCUT2D eigenvalue weighted by Crippen LogP contribution is -2.32. The number of sulfone groups is 1. The number of aryl methyl sites for hydroxylation is 1. The van der Waals surface area contributed by atoms with Crippen LogP contribution in [0.2, 0.25) is 0 Å². The van der Waals surface area contributed by atoms with E-state index in [-0.39, 0.29) is 22.1 Å². The highest BCUT2D eigenvalue weighted by Crippen LogP contribution is 2.29. The van der Waals surface area contributed by atoms with Crippen LogP contribution in [0.3, 0.4) is 0 Å². The lowest BCUT2D eigenvalue weighted by Gasteiger charge is -2.17. The minimum atomic E-state index is -4.03. The number of hydrogen-bond acceptors (Lipinski definition) is 6. The molecule has 0 saturated heterocycles. The van der Waals surface area contributed by atoms with E-state index in [9.17, 15) is 21.6 Å². The Morgan fingerprint density at radius 2 is 1.90 bits per heavy atom. The summed E-state index contributed by atoms with van der Waals surface area (Å²) >= 11 is 0.829. The van der Waals surface area contributed by atoms with E-state index in [1.54, 1.807) is 0 Å². The molecule has 0 atom stereocenters. The molecule has 1 aromatic rings. The van der Waals surface area contributed by atoms with Gasteiger partial charge in [0.1, 0.15) is 19.6 Å². The van der Waals surface area contributed by atoms with Crippen LogP contribution in [0.1, 0.15) is 15.2 Å². The number of carboxylic acid groups (broad SMARTS) is 1. The summed E-state index contributed by atoms with van der Waals surface area (Å²) in [5.41, 5.74) is 0.332. The molecule has 0 spiro atoms.